The zero-order valence-corrected chi connectivity index (χ0v) is 10.5. The van der Waals surface area contributed by atoms with E-state index in [-0.39, 0.29) is 0 Å². The lowest BCUT2D eigenvalue weighted by Crippen LogP contribution is -2.43. The van der Waals surface area contributed by atoms with Crippen molar-refractivity contribution in [3.63, 3.8) is 0 Å². The monoisotopic (exact) mass is 231 g/mol. The van der Waals surface area contributed by atoms with Crippen molar-refractivity contribution in [3.8, 4) is 0 Å². The van der Waals surface area contributed by atoms with Gasteiger partial charge < -0.3 is 13.3 Å². The highest BCUT2D eigenvalue weighted by molar-refractivity contribution is 6.60. The molecule has 86 valence electrons. The van der Waals surface area contributed by atoms with Crippen molar-refractivity contribution < 1.29 is 17.8 Å². The summed E-state index contributed by atoms with van der Waals surface area (Å²) >= 11 is 0. The van der Waals surface area contributed by atoms with E-state index in [2.05, 4.69) is 9.55 Å². The Kier molecular flexibility index (Phi) is 4.96. The van der Waals surface area contributed by atoms with Gasteiger partial charge in [-0.15, -0.1) is 0 Å². The van der Waals surface area contributed by atoms with Gasteiger partial charge in [0.15, 0.2) is 0 Å². The lowest BCUT2D eigenvalue weighted by Gasteiger charge is -2.23. The first-order valence-corrected chi connectivity index (χ1v) is 6.87. The van der Waals surface area contributed by atoms with Gasteiger partial charge in [0.05, 0.1) is 6.54 Å². The lowest BCUT2D eigenvalue weighted by molar-refractivity contribution is -0.695. The maximum absolute atomic E-state index is 5.33. The molecule has 1 aromatic heterocycles. The topological polar surface area (TPSA) is 47.4 Å². The first-order chi connectivity index (χ1) is 7.26. The van der Waals surface area contributed by atoms with Crippen LogP contribution in [0.3, 0.4) is 0 Å². The van der Waals surface area contributed by atoms with Crippen LogP contribution in [0.15, 0.2) is 18.7 Å². The minimum Gasteiger partial charge on any atom is -0.377 e. The smallest absolute Gasteiger partial charge is 0.377 e. The molecule has 0 bridgehead atoms. The second-order valence-electron chi connectivity index (χ2n) is 3.25. The quantitative estimate of drug-likeness (QED) is 0.551. The number of H-pyrrole nitrogens is 1. The van der Waals surface area contributed by atoms with E-state index in [0.717, 1.165) is 19.0 Å². The molecule has 0 amide bonds. The molecule has 0 saturated heterocycles. The second-order valence-corrected chi connectivity index (χ2v) is 6.34. The summed E-state index contributed by atoms with van der Waals surface area (Å²) in [5.41, 5.74) is 0. The summed E-state index contributed by atoms with van der Waals surface area (Å²) in [6, 6.07) is 0.828. The van der Waals surface area contributed by atoms with Crippen LogP contribution < -0.4 is 4.57 Å². The van der Waals surface area contributed by atoms with Gasteiger partial charge in [0, 0.05) is 27.4 Å². The molecule has 0 aliphatic rings. The number of rotatable bonds is 7. The van der Waals surface area contributed by atoms with Crippen LogP contribution in [0.5, 0.6) is 0 Å². The third-order valence-corrected chi connectivity index (χ3v) is 5.27. The maximum Gasteiger partial charge on any atom is 0.500 e. The molecule has 5 nitrogen and oxygen atoms in total. The van der Waals surface area contributed by atoms with Crippen LogP contribution in [0.25, 0.3) is 0 Å². The molecule has 0 saturated carbocycles. The van der Waals surface area contributed by atoms with E-state index in [1.165, 1.54) is 0 Å². The summed E-state index contributed by atoms with van der Waals surface area (Å²) < 4.78 is 18.1. The summed E-state index contributed by atoms with van der Waals surface area (Å²) in [5, 5.41) is 0. The van der Waals surface area contributed by atoms with E-state index >= 15 is 0 Å². The highest BCUT2D eigenvalue weighted by Crippen LogP contribution is 2.14. The predicted octanol–water partition coefficient (Wildman–Crippen LogP) is 0.570. The van der Waals surface area contributed by atoms with Crippen molar-refractivity contribution in [3.05, 3.63) is 18.7 Å². The zero-order chi connectivity index (χ0) is 11.1. The molecule has 1 aromatic rings. The molecule has 0 fully saturated rings. The molecule has 15 heavy (non-hydrogen) atoms. The average Bonchev–Trinajstić information content (AvgIpc) is 2.78. The highest BCUT2D eigenvalue weighted by Gasteiger charge is 2.37. The molecule has 0 unspecified atom stereocenters. The zero-order valence-electron chi connectivity index (χ0n) is 9.53. The maximum atomic E-state index is 5.33. The highest BCUT2D eigenvalue weighted by atomic mass is 28.4. The Bertz CT molecular complexity index is 254. The van der Waals surface area contributed by atoms with Gasteiger partial charge >= 0.3 is 8.80 Å². The van der Waals surface area contributed by atoms with Crippen LogP contribution >= 0.6 is 0 Å². The molecule has 6 heteroatoms. The first-order valence-electron chi connectivity index (χ1n) is 4.93. The second kappa shape index (κ2) is 6.01. The average molecular weight is 231 g/mol. The Labute approximate surface area is 91.4 Å². The number of hydrogen-bond donors (Lipinski definition) is 1. The number of aromatic amines is 1. The van der Waals surface area contributed by atoms with Gasteiger partial charge in [-0.05, 0) is 6.42 Å². The van der Waals surface area contributed by atoms with Gasteiger partial charge in [-0.2, -0.15) is 0 Å². The lowest BCUT2D eigenvalue weighted by atomic mass is 10.5. The summed E-state index contributed by atoms with van der Waals surface area (Å²) in [7, 11) is 2.55. The molecule has 0 aliphatic heterocycles. The van der Waals surface area contributed by atoms with Crippen LogP contribution in [0.4, 0.5) is 0 Å². The van der Waals surface area contributed by atoms with E-state index in [1.54, 1.807) is 21.3 Å². The fourth-order valence-corrected chi connectivity index (χ4v) is 3.20. The van der Waals surface area contributed by atoms with Crippen molar-refractivity contribution in [2.45, 2.75) is 19.0 Å². The van der Waals surface area contributed by atoms with Gasteiger partial charge in [0.25, 0.3) is 0 Å². The van der Waals surface area contributed by atoms with Crippen LogP contribution in [0.1, 0.15) is 6.42 Å². The van der Waals surface area contributed by atoms with Crippen LogP contribution in [0.2, 0.25) is 6.04 Å². The van der Waals surface area contributed by atoms with E-state index in [9.17, 15) is 0 Å². The van der Waals surface area contributed by atoms with Crippen molar-refractivity contribution in [2.24, 2.45) is 0 Å². The third kappa shape index (κ3) is 3.42. The molecular weight excluding hydrogens is 212 g/mol. The summed E-state index contributed by atoms with van der Waals surface area (Å²) in [4.78, 5) is 3.00. The number of nitrogens with zero attached hydrogens (tertiary/aromatic N) is 1. The predicted molar refractivity (Wildman–Crippen MR) is 57.2 cm³/mol. The first kappa shape index (κ1) is 12.4. The van der Waals surface area contributed by atoms with Crippen molar-refractivity contribution in [1.82, 2.24) is 4.98 Å². The number of hydrogen-bond acceptors (Lipinski definition) is 3. The van der Waals surface area contributed by atoms with Crippen LogP contribution in [-0.2, 0) is 19.8 Å². The number of aryl methyl sites for hydroxylation is 1. The van der Waals surface area contributed by atoms with Gasteiger partial charge in [0.2, 0.25) is 6.33 Å². The van der Waals surface area contributed by atoms with Gasteiger partial charge in [-0.25, -0.2) is 4.57 Å². The fraction of sp³-hybridized carbons (Fsp3) is 0.667. The molecule has 0 atom stereocenters. The van der Waals surface area contributed by atoms with E-state index in [0.29, 0.717) is 0 Å². The summed E-state index contributed by atoms with van der Waals surface area (Å²) in [6.45, 7) is 0.939. The fourth-order valence-electron chi connectivity index (χ4n) is 1.49. The van der Waals surface area contributed by atoms with Crippen molar-refractivity contribution >= 4 is 8.80 Å². The molecule has 0 radical (unpaired) electrons. The van der Waals surface area contributed by atoms with Crippen molar-refractivity contribution in [2.75, 3.05) is 21.3 Å². The molecule has 0 spiro atoms. The van der Waals surface area contributed by atoms with Crippen LogP contribution in [-0.4, -0.2) is 35.1 Å². The van der Waals surface area contributed by atoms with Gasteiger partial charge in [-0.1, -0.05) is 0 Å². The molecule has 1 rings (SSSR count). The van der Waals surface area contributed by atoms with E-state index in [1.807, 2.05) is 18.7 Å². The van der Waals surface area contributed by atoms with Crippen molar-refractivity contribution in [1.29, 1.82) is 0 Å². The Morgan fingerprint density at radius 2 is 1.87 bits per heavy atom. The van der Waals surface area contributed by atoms with Gasteiger partial charge in [0.1, 0.15) is 12.4 Å². The molecular formula is C9H19N2O3Si+. The Hall–Kier alpha value is -0.693. The number of nitrogens with one attached hydrogen (secondary N) is 1. The molecule has 0 aliphatic carbocycles. The molecule has 1 heterocycles. The molecule has 0 aromatic carbocycles. The Balaban J connectivity index is 2.34. The third-order valence-electron chi connectivity index (χ3n) is 2.43. The summed E-state index contributed by atoms with van der Waals surface area (Å²) in [5.74, 6) is 0. The normalized spacial score (nSPS) is 11.9. The Morgan fingerprint density at radius 3 is 2.33 bits per heavy atom. The standard InChI is InChI=1S/C9H18N2O3Si/c1-12-15(13-2,14-3)8-4-6-11-7-5-10-9-11/h5,7,9H,4,6,8H2,1-3H3/p+1. The SMILES string of the molecule is CO[Si](CCC[n+]1cc[nH]c1)(OC)OC. The minimum absolute atomic E-state index is 0.828. The summed E-state index contributed by atoms with van der Waals surface area (Å²) in [6.07, 6.45) is 6.79. The van der Waals surface area contributed by atoms with Crippen LogP contribution in [0, 0.1) is 0 Å². The van der Waals surface area contributed by atoms with E-state index in [4.69, 9.17) is 13.3 Å². The number of imidazole rings is 1. The number of aromatic nitrogens is 2. The minimum atomic E-state index is -2.37. The molecule has 1 N–H and O–H groups in total. The van der Waals surface area contributed by atoms with Gasteiger partial charge in [-0.3, -0.25) is 4.98 Å². The van der Waals surface area contributed by atoms with E-state index < -0.39 is 8.80 Å². The Morgan fingerprint density at radius 1 is 1.20 bits per heavy atom. The largest absolute Gasteiger partial charge is 0.500 e.